The van der Waals surface area contributed by atoms with Gasteiger partial charge in [0.05, 0.1) is 0 Å². The lowest BCUT2D eigenvalue weighted by atomic mass is 10.1. The maximum atomic E-state index is 11.0. The number of ketones is 1. The molecule has 0 aliphatic heterocycles. The molecule has 0 saturated carbocycles. The minimum absolute atomic E-state index is 0.0944. The summed E-state index contributed by atoms with van der Waals surface area (Å²) in [5.41, 5.74) is 1.19. The Balaban J connectivity index is 2.72. The number of nitrogens with zero attached hydrogens (tertiary/aromatic N) is 2. The molecule has 0 atom stereocenters. The number of fused-ring (bicyclic) bond motifs is 1. The number of rotatable bonds is 1. The Kier molecular flexibility index (Phi) is 1.51. The molecular weight excluding hydrogens is 172 g/mol. The summed E-state index contributed by atoms with van der Waals surface area (Å²) in [6.45, 7) is 1.43. The Morgan fingerprint density at radius 2 is 2.38 bits per heavy atom. The molecule has 13 heavy (non-hydrogen) atoms. The summed E-state index contributed by atoms with van der Waals surface area (Å²) in [5.74, 6) is -0.0944. The molecule has 5 heteroatoms. The average Bonchev–Trinajstić information content (AvgIpc) is 2.47. The Morgan fingerprint density at radius 3 is 3.08 bits per heavy atom. The molecule has 2 rings (SSSR count). The highest BCUT2D eigenvalue weighted by molar-refractivity contribution is 5.96. The topological polar surface area (TPSA) is 70.0 Å². The van der Waals surface area contributed by atoms with Crippen molar-refractivity contribution in [2.24, 2.45) is 0 Å². The second kappa shape index (κ2) is 2.55. The molecule has 0 aliphatic carbocycles. The Hall–Kier alpha value is -1.91. The lowest BCUT2D eigenvalue weighted by Gasteiger charge is -1.91. The van der Waals surface area contributed by atoms with Crippen molar-refractivity contribution in [3.63, 3.8) is 0 Å². The predicted octanol–water partition coefficient (Wildman–Crippen LogP) is 0.664. The van der Waals surface area contributed by atoms with Crippen molar-refractivity contribution >= 4 is 16.8 Å². The van der Waals surface area contributed by atoms with Crippen molar-refractivity contribution in [2.45, 2.75) is 6.92 Å². The fraction of sp³-hybridized carbons (Fsp3) is 0.125. The molecule has 0 N–H and O–H groups in total. The molecule has 0 fully saturated rings. The second-order valence-corrected chi connectivity index (χ2v) is 2.69. The van der Waals surface area contributed by atoms with Crippen LogP contribution in [0.15, 0.2) is 22.8 Å². The van der Waals surface area contributed by atoms with E-state index < -0.39 is 0 Å². The number of aromatic nitrogens is 2. The number of Topliss-reactive ketones (excluding diaryl/α,β-unsaturated/α-hetero) is 1. The van der Waals surface area contributed by atoms with Crippen LogP contribution in [0.1, 0.15) is 17.3 Å². The zero-order valence-electron chi connectivity index (χ0n) is 6.85. The van der Waals surface area contributed by atoms with Gasteiger partial charge in [0.2, 0.25) is 11.0 Å². The van der Waals surface area contributed by atoms with Gasteiger partial charge >= 0.3 is 0 Å². The van der Waals surface area contributed by atoms with Crippen molar-refractivity contribution in [3.8, 4) is 0 Å². The van der Waals surface area contributed by atoms with Gasteiger partial charge in [-0.3, -0.25) is 9.42 Å². The summed E-state index contributed by atoms with van der Waals surface area (Å²) in [5, 5.41) is 14.4. The maximum Gasteiger partial charge on any atom is 0.248 e. The highest BCUT2D eigenvalue weighted by atomic mass is 16.8. The SMILES string of the molecule is CC(=O)c1ccc2no[n+]([O-])c2c1. The first-order valence-electron chi connectivity index (χ1n) is 3.69. The van der Waals surface area contributed by atoms with Crippen LogP contribution in [0.4, 0.5) is 0 Å². The number of carbonyl (C=O) groups excluding carboxylic acids is 1. The molecule has 0 aliphatic rings. The van der Waals surface area contributed by atoms with E-state index in [4.69, 9.17) is 0 Å². The first-order valence-corrected chi connectivity index (χ1v) is 3.69. The summed E-state index contributed by atoms with van der Waals surface area (Å²) in [6.07, 6.45) is 0. The van der Waals surface area contributed by atoms with Crippen molar-refractivity contribution in [3.05, 3.63) is 29.0 Å². The van der Waals surface area contributed by atoms with Crippen LogP contribution in [-0.4, -0.2) is 10.9 Å². The van der Waals surface area contributed by atoms with Gasteiger partial charge in [-0.2, -0.15) is 0 Å². The van der Waals surface area contributed by atoms with E-state index in [0.717, 1.165) is 0 Å². The van der Waals surface area contributed by atoms with Gasteiger partial charge in [0, 0.05) is 16.8 Å². The third-order valence-electron chi connectivity index (χ3n) is 1.79. The molecule has 0 spiro atoms. The zero-order valence-corrected chi connectivity index (χ0v) is 6.85. The molecule has 0 saturated heterocycles. The Morgan fingerprint density at radius 1 is 1.62 bits per heavy atom. The van der Waals surface area contributed by atoms with Gasteiger partial charge in [0.15, 0.2) is 5.78 Å². The summed E-state index contributed by atoms with van der Waals surface area (Å²) < 4.78 is 4.35. The fourth-order valence-electron chi connectivity index (χ4n) is 1.09. The fourth-order valence-corrected chi connectivity index (χ4v) is 1.09. The van der Waals surface area contributed by atoms with Crippen LogP contribution >= 0.6 is 0 Å². The van der Waals surface area contributed by atoms with Crippen LogP contribution in [0.2, 0.25) is 0 Å². The first kappa shape index (κ1) is 7.72. The molecule has 0 radical (unpaired) electrons. The third kappa shape index (κ3) is 1.14. The van der Waals surface area contributed by atoms with Crippen LogP contribution in [0.3, 0.4) is 0 Å². The summed E-state index contributed by atoms with van der Waals surface area (Å²) in [6, 6.07) is 4.64. The summed E-state index contributed by atoms with van der Waals surface area (Å²) >= 11 is 0. The maximum absolute atomic E-state index is 11.0. The average molecular weight is 178 g/mol. The van der Waals surface area contributed by atoms with Crippen LogP contribution in [0.5, 0.6) is 0 Å². The van der Waals surface area contributed by atoms with Crippen molar-refractivity contribution in [1.82, 2.24) is 5.16 Å². The van der Waals surface area contributed by atoms with E-state index in [9.17, 15) is 10.0 Å². The Labute approximate surface area is 73.1 Å². The molecule has 66 valence electrons. The monoisotopic (exact) mass is 178 g/mol. The van der Waals surface area contributed by atoms with Crippen LogP contribution in [-0.2, 0) is 0 Å². The van der Waals surface area contributed by atoms with Crippen molar-refractivity contribution < 1.29 is 14.3 Å². The first-order chi connectivity index (χ1) is 6.18. The highest BCUT2D eigenvalue weighted by Crippen LogP contribution is 2.10. The lowest BCUT2D eigenvalue weighted by Crippen LogP contribution is -2.22. The minimum Gasteiger partial charge on any atom is -0.359 e. The van der Waals surface area contributed by atoms with Gasteiger partial charge in [-0.25, -0.2) is 0 Å². The van der Waals surface area contributed by atoms with E-state index in [1.54, 1.807) is 12.1 Å². The van der Waals surface area contributed by atoms with E-state index in [2.05, 4.69) is 9.79 Å². The van der Waals surface area contributed by atoms with Gasteiger partial charge in [0.25, 0.3) is 0 Å². The molecule has 1 heterocycles. The number of hydrogen-bond acceptors (Lipinski definition) is 4. The third-order valence-corrected chi connectivity index (χ3v) is 1.79. The standard InChI is InChI=1S/C8H6N2O3/c1-5(11)6-2-3-7-8(4-6)10(12)13-9-7/h2-4H,1H3. The van der Waals surface area contributed by atoms with Gasteiger partial charge in [-0.1, -0.05) is 0 Å². The van der Waals surface area contributed by atoms with E-state index in [1.807, 2.05) is 0 Å². The molecule has 0 unspecified atom stereocenters. The quantitative estimate of drug-likeness (QED) is 0.475. The van der Waals surface area contributed by atoms with Crippen LogP contribution in [0.25, 0.3) is 11.0 Å². The molecule has 1 aromatic heterocycles. The van der Waals surface area contributed by atoms with Gasteiger partial charge in [0.1, 0.15) is 0 Å². The van der Waals surface area contributed by atoms with Gasteiger partial charge in [-0.15, -0.1) is 0 Å². The number of carbonyl (C=O) groups is 1. The highest BCUT2D eigenvalue weighted by Gasteiger charge is 2.10. The molecule has 0 bridgehead atoms. The van der Waals surface area contributed by atoms with Crippen molar-refractivity contribution in [1.29, 1.82) is 0 Å². The van der Waals surface area contributed by atoms with Gasteiger partial charge in [-0.05, 0) is 24.0 Å². The van der Waals surface area contributed by atoms with Gasteiger partial charge < -0.3 is 5.21 Å². The predicted molar refractivity (Wildman–Crippen MR) is 43.0 cm³/mol. The lowest BCUT2D eigenvalue weighted by molar-refractivity contribution is -0.782. The second-order valence-electron chi connectivity index (χ2n) is 2.69. The smallest absolute Gasteiger partial charge is 0.248 e. The number of benzene rings is 1. The van der Waals surface area contributed by atoms with E-state index >= 15 is 0 Å². The molecule has 2 aromatic rings. The molecular formula is C8H6N2O3. The minimum atomic E-state index is -0.0944. The van der Waals surface area contributed by atoms with E-state index in [1.165, 1.54) is 13.0 Å². The summed E-state index contributed by atoms with van der Waals surface area (Å²) in [4.78, 5) is 11.2. The summed E-state index contributed by atoms with van der Waals surface area (Å²) in [7, 11) is 0. The molecule has 1 aromatic carbocycles. The largest absolute Gasteiger partial charge is 0.359 e. The zero-order chi connectivity index (χ0) is 9.42. The molecule has 5 nitrogen and oxygen atoms in total. The van der Waals surface area contributed by atoms with Crippen LogP contribution < -0.4 is 4.90 Å². The Bertz CT molecular complexity index is 475. The van der Waals surface area contributed by atoms with Crippen molar-refractivity contribution in [2.75, 3.05) is 0 Å². The van der Waals surface area contributed by atoms with E-state index in [-0.39, 0.29) is 16.2 Å². The van der Waals surface area contributed by atoms with Crippen LogP contribution in [0, 0.1) is 5.21 Å². The normalized spacial score (nSPS) is 10.5. The van der Waals surface area contributed by atoms with E-state index in [0.29, 0.717) is 11.1 Å². The molecule has 0 amide bonds. The number of hydrogen-bond donors (Lipinski definition) is 0.